The Morgan fingerprint density at radius 2 is 2.25 bits per heavy atom. The van der Waals surface area contributed by atoms with Crippen molar-refractivity contribution in [2.24, 2.45) is 0 Å². The number of rotatable bonds is 4. The van der Waals surface area contributed by atoms with Crippen molar-refractivity contribution in [3.63, 3.8) is 0 Å². The van der Waals surface area contributed by atoms with Crippen LogP contribution >= 0.6 is 11.3 Å². The number of nitrogens with one attached hydrogen (secondary N) is 1. The highest BCUT2D eigenvalue weighted by Gasteiger charge is 2.14. The molecule has 0 amide bonds. The topological polar surface area (TPSA) is 15.3 Å². The molecule has 1 unspecified atom stereocenters. The van der Waals surface area contributed by atoms with Gasteiger partial charge in [-0.05, 0) is 48.4 Å². The highest BCUT2D eigenvalue weighted by molar-refractivity contribution is 7.10. The monoisotopic (exact) mass is 286 g/mol. The molecule has 106 valence electrons. The fourth-order valence-corrected chi connectivity index (χ4v) is 3.62. The molecule has 2 heterocycles. The van der Waals surface area contributed by atoms with Crippen LogP contribution < -0.4 is 10.2 Å². The van der Waals surface area contributed by atoms with Gasteiger partial charge in [-0.15, -0.1) is 11.3 Å². The largest absolute Gasteiger partial charge is 0.374 e. The van der Waals surface area contributed by atoms with Crippen LogP contribution in [0.1, 0.15) is 35.4 Å². The standard InChI is InChI=1S/C17H22N2S/c1-13(17-6-4-10-20-17)18-12-14-7-8-16-15(11-14)5-3-9-19(16)2/h4,6-8,10-11,13,18H,3,5,9,12H2,1-2H3. The van der Waals surface area contributed by atoms with Crippen LogP contribution in [0.3, 0.4) is 0 Å². The van der Waals surface area contributed by atoms with Crippen molar-refractivity contribution in [2.75, 3.05) is 18.5 Å². The van der Waals surface area contributed by atoms with Crippen LogP contribution in [0.4, 0.5) is 5.69 Å². The normalized spacial score (nSPS) is 16.0. The number of nitrogens with zero attached hydrogens (tertiary/aromatic N) is 1. The number of fused-ring (bicyclic) bond motifs is 1. The van der Waals surface area contributed by atoms with E-state index in [0.717, 1.165) is 6.54 Å². The molecule has 0 saturated heterocycles. The van der Waals surface area contributed by atoms with Crippen molar-refractivity contribution in [2.45, 2.75) is 32.4 Å². The zero-order chi connectivity index (χ0) is 13.9. The summed E-state index contributed by atoms with van der Waals surface area (Å²) in [6.45, 7) is 4.36. The van der Waals surface area contributed by atoms with Crippen LogP contribution in [0.2, 0.25) is 0 Å². The fraction of sp³-hybridized carbons (Fsp3) is 0.412. The van der Waals surface area contributed by atoms with Gasteiger partial charge in [0.25, 0.3) is 0 Å². The number of hydrogen-bond acceptors (Lipinski definition) is 3. The first-order valence-electron chi connectivity index (χ1n) is 7.34. The second kappa shape index (κ2) is 5.98. The van der Waals surface area contributed by atoms with Crippen molar-refractivity contribution >= 4 is 17.0 Å². The van der Waals surface area contributed by atoms with Gasteiger partial charge in [-0.2, -0.15) is 0 Å². The van der Waals surface area contributed by atoms with Crippen LogP contribution in [0.5, 0.6) is 0 Å². The Bertz CT molecular complexity index is 562. The second-order valence-electron chi connectivity index (χ2n) is 5.61. The predicted molar refractivity (Wildman–Crippen MR) is 87.6 cm³/mol. The molecule has 1 atom stereocenters. The molecule has 3 rings (SSSR count). The lowest BCUT2D eigenvalue weighted by atomic mass is 9.99. The summed E-state index contributed by atoms with van der Waals surface area (Å²) in [7, 11) is 2.19. The van der Waals surface area contributed by atoms with Crippen LogP contribution in [0, 0.1) is 0 Å². The highest BCUT2D eigenvalue weighted by atomic mass is 32.1. The van der Waals surface area contributed by atoms with Crippen molar-refractivity contribution in [1.29, 1.82) is 0 Å². The van der Waals surface area contributed by atoms with Crippen LogP contribution in [-0.4, -0.2) is 13.6 Å². The Labute approximate surface area is 125 Å². The molecule has 1 aliphatic heterocycles. The third-order valence-corrected chi connectivity index (χ3v) is 5.13. The number of anilines is 1. The first kappa shape index (κ1) is 13.7. The minimum Gasteiger partial charge on any atom is -0.374 e. The quantitative estimate of drug-likeness (QED) is 0.914. The molecule has 1 aromatic heterocycles. The molecule has 0 spiro atoms. The summed E-state index contributed by atoms with van der Waals surface area (Å²) in [5, 5.41) is 5.76. The zero-order valence-corrected chi connectivity index (χ0v) is 13.0. The van der Waals surface area contributed by atoms with Crippen molar-refractivity contribution < 1.29 is 0 Å². The molecule has 1 aromatic carbocycles. The summed E-state index contributed by atoms with van der Waals surface area (Å²) < 4.78 is 0. The minimum absolute atomic E-state index is 0.425. The SMILES string of the molecule is CC(NCc1ccc2c(c1)CCCN2C)c1cccs1. The maximum atomic E-state index is 3.62. The van der Waals surface area contributed by atoms with E-state index in [1.54, 1.807) is 0 Å². The van der Waals surface area contributed by atoms with Gasteiger partial charge in [0.1, 0.15) is 0 Å². The molecule has 0 radical (unpaired) electrons. The summed E-state index contributed by atoms with van der Waals surface area (Å²) in [5.74, 6) is 0. The van der Waals surface area contributed by atoms with E-state index in [-0.39, 0.29) is 0 Å². The van der Waals surface area contributed by atoms with E-state index in [9.17, 15) is 0 Å². The third-order valence-electron chi connectivity index (χ3n) is 4.08. The molecular formula is C17H22N2S. The average molecular weight is 286 g/mol. The van der Waals surface area contributed by atoms with E-state index in [1.807, 2.05) is 11.3 Å². The number of benzene rings is 1. The maximum absolute atomic E-state index is 3.62. The number of thiophene rings is 1. The van der Waals surface area contributed by atoms with E-state index >= 15 is 0 Å². The van der Waals surface area contributed by atoms with E-state index < -0.39 is 0 Å². The van der Waals surface area contributed by atoms with E-state index in [2.05, 4.69) is 59.9 Å². The average Bonchev–Trinajstić information content (AvgIpc) is 2.99. The first-order chi connectivity index (χ1) is 9.74. The lowest BCUT2D eigenvalue weighted by molar-refractivity contribution is 0.582. The molecule has 0 aliphatic carbocycles. The van der Waals surface area contributed by atoms with Crippen LogP contribution in [0.15, 0.2) is 35.7 Å². The summed E-state index contributed by atoms with van der Waals surface area (Å²) in [5.41, 5.74) is 4.30. The number of hydrogen-bond donors (Lipinski definition) is 1. The second-order valence-corrected chi connectivity index (χ2v) is 6.59. The molecule has 2 aromatic rings. The van der Waals surface area contributed by atoms with E-state index in [0.29, 0.717) is 6.04 Å². The molecule has 2 nitrogen and oxygen atoms in total. The Hall–Kier alpha value is -1.32. The molecule has 0 bridgehead atoms. The lowest BCUT2D eigenvalue weighted by Crippen LogP contribution is -2.25. The van der Waals surface area contributed by atoms with Gasteiger partial charge in [0.15, 0.2) is 0 Å². The van der Waals surface area contributed by atoms with Crippen molar-refractivity contribution in [3.8, 4) is 0 Å². The van der Waals surface area contributed by atoms with Gasteiger partial charge in [-0.25, -0.2) is 0 Å². The van der Waals surface area contributed by atoms with Gasteiger partial charge in [-0.3, -0.25) is 0 Å². The molecule has 20 heavy (non-hydrogen) atoms. The Morgan fingerprint density at radius 3 is 3.05 bits per heavy atom. The van der Waals surface area contributed by atoms with Crippen molar-refractivity contribution in [1.82, 2.24) is 5.32 Å². The Kier molecular flexibility index (Phi) is 4.08. The summed E-state index contributed by atoms with van der Waals surface area (Å²) >= 11 is 1.82. The van der Waals surface area contributed by atoms with Gasteiger partial charge >= 0.3 is 0 Å². The fourth-order valence-electron chi connectivity index (χ4n) is 2.86. The van der Waals surface area contributed by atoms with Crippen molar-refractivity contribution in [3.05, 3.63) is 51.7 Å². The first-order valence-corrected chi connectivity index (χ1v) is 8.22. The zero-order valence-electron chi connectivity index (χ0n) is 12.2. The Balaban J connectivity index is 1.66. The predicted octanol–water partition coefficient (Wildman–Crippen LogP) is 3.98. The summed E-state index contributed by atoms with van der Waals surface area (Å²) in [6.07, 6.45) is 2.49. The highest BCUT2D eigenvalue weighted by Crippen LogP contribution is 2.27. The van der Waals surface area contributed by atoms with Gasteiger partial charge in [0.2, 0.25) is 0 Å². The molecule has 0 fully saturated rings. The van der Waals surface area contributed by atoms with E-state index in [1.165, 1.54) is 41.1 Å². The van der Waals surface area contributed by atoms with Gasteiger partial charge in [0, 0.05) is 36.7 Å². The molecule has 3 heteroatoms. The third kappa shape index (κ3) is 2.89. The number of aryl methyl sites for hydroxylation is 1. The molecule has 0 saturated carbocycles. The van der Waals surface area contributed by atoms with Gasteiger partial charge in [-0.1, -0.05) is 18.2 Å². The van der Waals surface area contributed by atoms with Crippen LogP contribution in [-0.2, 0) is 13.0 Å². The summed E-state index contributed by atoms with van der Waals surface area (Å²) in [4.78, 5) is 3.77. The maximum Gasteiger partial charge on any atom is 0.0396 e. The molecule has 1 aliphatic rings. The molecule has 1 N–H and O–H groups in total. The molecular weight excluding hydrogens is 264 g/mol. The summed E-state index contributed by atoms with van der Waals surface area (Å²) in [6, 6.07) is 11.7. The van der Waals surface area contributed by atoms with E-state index in [4.69, 9.17) is 0 Å². The smallest absolute Gasteiger partial charge is 0.0396 e. The van der Waals surface area contributed by atoms with Crippen LogP contribution in [0.25, 0.3) is 0 Å². The van der Waals surface area contributed by atoms with Gasteiger partial charge in [0.05, 0.1) is 0 Å². The lowest BCUT2D eigenvalue weighted by Gasteiger charge is -2.28. The van der Waals surface area contributed by atoms with Gasteiger partial charge < -0.3 is 10.2 Å². The Morgan fingerprint density at radius 1 is 1.35 bits per heavy atom. The minimum atomic E-state index is 0.425.